The summed E-state index contributed by atoms with van der Waals surface area (Å²) in [5.74, 6) is -1.50. The zero-order valence-corrected chi connectivity index (χ0v) is 12.1. The summed E-state index contributed by atoms with van der Waals surface area (Å²) < 4.78 is 0. The van der Waals surface area contributed by atoms with Crippen molar-refractivity contribution in [1.29, 1.82) is 0 Å². The third kappa shape index (κ3) is 1.98. The van der Waals surface area contributed by atoms with E-state index in [1.54, 1.807) is 23.1 Å². The molecule has 1 N–H and O–H groups in total. The second-order valence-corrected chi connectivity index (χ2v) is 6.08. The number of rotatable bonds is 2. The Morgan fingerprint density at radius 2 is 2.00 bits per heavy atom. The van der Waals surface area contributed by atoms with Gasteiger partial charge in [0.05, 0.1) is 21.5 Å². The van der Waals surface area contributed by atoms with Crippen LogP contribution in [0, 0.1) is 5.92 Å². The van der Waals surface area contributed by atoms with Crippen molar-refractivity contribution in [2.45, 2.75) is 31.3 Å². The highest BCUT2D eigenvalue weighted by atomic mass is 35.5. The number of nitrogens with zero attached hydrogens (tertiary/aromatic N) is 1. The Balaban J connectivity index is 1.92. The van der Waals surface area contributed by atoms with Crippen LogP contribution >= 0.6 is 23.2 Å². The van der Waals surface area contributed by atoms with Crippen LogP contribution in [0.3, 0.4) is 0 Å². The fraction of sp³-hybridized carbons (Fsp3) is 0.429. The molecule has 3 unspecified atom stereocenters. The maximum absolute atomic E-state index is 12.6. The SMILES string of the molecule is O=C(O)C1CC2CCC1N2C(=O)c1cccc(Cl)c1Cl. The number of benzene rings is 1. The average molecular weight is 314 g/mol. The molecule has 0 spiro atoms. The predicted octanol–water partition coefficient (Wildman–Crippen LogP) is 3.07. The van der Waals surface area contributed by atoms with Gasteiger partial charge in [0.1, 0.15) is 0 Å². The molecule has 2 aliphatic heterocycles. The molecule has 6 heteroatoms. The normalized spacial score (nSPS) is 27.9. The minimum absolute atomic E-state index is 0.00338. The molecule has 2 aliphatic rings. The van der Waals surface area contributed by atoms with Crippen LogP contribution in [0.5, 0.6) is 0 Å². The molecule has 106 valence electrons. The molecule has 2 fully saturated rings. The summed E-state index contributed by atoms with van der Waals surface area (Å²) in [5.41, 5.74) is 0.349. The molecule has 1 aromatic rings. The number of amides is 1. The molecule has 0 radical (unpaired) electrons. The lowest BCUT2D eigenvalue weighted by Gasteiger charge is -2.23. The van der Waals surface area contributed by atoms with Crippen molar-refractivity contribution in [2.75, 3.05) is 0 Å². The van der Waals surface area contributed by atoms with Gasteiger partial charge in [-0.25, -0.2) is 0 Å². The molecule has 0 saturated carbocycles. The molecule has 4 nitrogen and oxygen atoms in total. The molecule has 1 amide bonds. The zero-order valence-electron chi connectivity index (χ0n) is 10.6. The molecule has 2 heterocycles. The van der Waals surface area contributed by atoms with E-state index in [9.17, 15) is 14.7 Å². The van der Waals surface area contributed by atoms with Crippen LogP contribution in [0.4, 0.5) is 0 Å². The maximum atomic E-state index is 12.6. The quantitative estimate of drug-likeness (QED) is 0.912. The van der Waals surface area contributed by atoms with Crippen molar-refractivity contribution in [1.82, 2.24) is 4.90 Å². The van der Waals surface area contributed by atoms with E-state index in [2.05, 4.69) is 0 Å². The van der Waals surface area contributed by atoms with E-state index in [0.717, 1.165) is 12.8 Å². The van der Waals surface area contributed by atoms with Crippen LogP contribution in [0.2, 0.25) is 10.0 Å². The molecule has 0 aromatic heterocycles. The summed E-state index contributed by atoms with van der Waals surface area (Å²) in [5, 5.41) is 9.78. The Kier molecular flexibility index (Phi) is 3.38. The van der Waals surface area contributed by atoms with Gasteiger partial charge in [-0.1, -0.05) is 29.3 Å². The number of hydrogen-bond donors (Lipinski definition) is 1. The van der Waals surface area contributed by atoms with Gasteiger partial charge in [0.15, 0.2) is 0 Å². The minimum Gasteiger partial charge on any atom is -0.481 e. The van der Waals surface area contributed by atoms with Crippen LogP contribution in [0.15, 0.2) is 18.2 Å². The minimum atomic E-state index is -0.827. The average Bonchev–Trinajstić information content (AvgIpc) is 2.98. The van der Waals surface area contributed by atoms with Crippen molar-refractivity contribution < 1.29 is 14.7 Å². The second kappa shape index (κ2) is 4.93. The molecule has 0 aliphatic carbocycles. The number of carbonyl (C=O) groups is 2. The number of carbonyl (C=O) groups excluding carboxylic acids is 1. The fourth-order valence-electron chi connectivity index (χ4n) is 3.38. The molecular formula is C14H13Cl2NO3. The Morgan fingerprint density at radius 3 is 2.65 bits per heavy atom. The first kappa shape index (κ1) is 13.7. The van der Waals surface area contributed by atoms with Crippen molar-refractivity contribution in [3.8, 4) is 0 Å². The molecule has 3 rings (SSSR count). The summed E-state index contributed by atoms with van der Waals surface area (Å²) in [4.78, 5) is 25.6. The van der Waals surface area contributed by atoms with Gasteiger partial charge >= 0.3 is 5.97 Å². The summed E-state index contributed by atoms with van der Waals surface area (Å²) in [6, 6.07) is 4.71. The van der Waals surface area contributed by atoms with Gasteiger partial charge in [-0.3, -0.25) is 9.59 Å². The van der Waals surface area contributed by atoms with Crippen molar-refractivity contribution >= 4 is 35.1 Å². The molecule has 3 atom stereocenters. The summed E-state index contributed by atoms with van der Waals surface area (Å²) in [7, 11) is 0. The molecule has 2 bridgehead atoms. The van der Waals surface area contributed by atoms with E-state index in [0.29, 0.717) is 17.0 Å². The predicted molar refractivity (Wildman–Crippen MR) is 75.2 cm³/mol. The monoisotopic (exact) mass is 313 g/mol. The first-order valence-electron chi connectivity index (χ1n) is 6.50. The van der Waals surface area contributed by atoms with Crippen molar-refractivity contribution in [2.24, 2.45) is 5.92 Å². The third-order valence-corrected chi connectivity index (χ3v) is 5.09. The standard InChI is InChI=1S/C14H13Cl2NO3/c15-10-3-1-2-8(12(10)16)13(18)17-7-4-5-11(17)9(6-7)14(19)20/h1-3,7,9,11H,4-6H2,(H,19,20). The highest BCUT2D eigenvalue weighted by Crippen LogP contribution is 2.43. The molecular weight excluding hydrogens is 301 g/mol. The lowest BCUT2D eigenvalue weighted by atomic mass is 9.89. The smallest absolute Gasteiger partial charge is 0.308 e. The molecule has 1 aromatic carbocycles. The fourth-order valence-corrected chi connectivity index (χ4v) is 3.76. The van der Waals surface area contributed by atoms with Gasteiger partial charge in [0, 0.05) is 12.1 Å². The number of hydrogen-bond acceptors (Lipinski definition) is 2. The van der Waals surface area contributed by atoms with Crippen molar-refractivity contribution in [3.05, 3.63) is 33.8 Å². The number of fused-ring (bicyclic) bond motifs is 2. The van der Waals surface area contributed by atoms with Crippen LogP contribution in [-0.2, 0) is 4.79 Å². The van der Waals surface area contributed by atoms with E-state index >= 15 is 0 Å². The number of halogens is 2. The summed E-state index contributed by atoms with van der Waals surface area (Å²) >= 11 is 12.0. The Labute approximate surface area is 126 Å². The zero-order chi connectivity index (χ0) is 14.4. The van der Waals surface area contributed by atoms with Gasteiger partial charge < -0.3 is 10.0 Å². The maximum Gasteiger partial charge on any atom is 0.308 e. The van der Waals surface area contributed by atoms with E-state index in [1.165, 1.54) is 0 Å². The lowest BCUT2D eigenvalue weighted by Crippen LogP contribution is -2.38. The topological polar surface area (TPSA) is 57.6 Å². The van der Waals surface area contributed by atoms with Crippen LogP contribution in [0.25, 0.3) is 0 Å². The first-order valence-corrected chi connectivity index (χ1v) is 7.25. The highest BCUT2D eigenvalue weighted by Gasteiger charge is 2.51. The third-order valence-electron chi connectivity index (χ3n) is 4.27. The highest BCUT2D eigenvalue weighted by molar-refractivity contribution is 6.43. The van der Waals surface area contributed by atoms with Gasteiger partial charge in [0.25, 0.3) is 5.91 Å². The lowest BCUT2D eigenvalue weighted by molar-refractivity contribution is -0.142. The van der Waals surface area contributed by atoms with E-state index < -0.39 is 11.9 Å². The van der Waals surface area contributed by atoms with Gasteiger partial charge in [-0.05, 0) is 31.4 Å². The van der Waals surface area contributed by atoms with Crippen LogP contribution < -0.4 is 0 Å². The summed E-state index contributed by atoms with van der Waals surface area (Å²) in [6.45, 7) is 0. The van der Waals surface area contributed by atoms with Gasteiger partial charge in [-0.2, -0.15) is 0 Å². The summed E-state index contributed by atoms with van der Waals surface area (Å²) in [6.07, 6.45) is 2.13. The van der Waals surface area contributed by atoms with Crippen molar-refractivity contribution in [3.63, 3.8) is 0 Å². The number of carboxylic acids is 1. The van der Waals surface area contributed by atoms with Crippen LogP contribution in [-0.4, -0.2) is 34.0 Å². The van der Waals surface area contributed by atoms with Gasteiger partial charge in [-0.15, -0.1) is 0 Å². The number of carboxylic acid groups (broad SMARTS) is 1. The first-order chi connectivity index (χ1) is 9.50. The molecule has 20 heavy (non-hydrogen) atoms. The van der Waals surface area contributed by atoms with Crippen LogP contribution in [0.1, 0.15) is 29.6 Å². The Morgan fingerprint density at radius 1 is 1.25 bits per heavy atom. The Hall–Kier alpha value is -1.26. The molecule has 2 saturated heterocycles. The second-order valence-electron chi connectivity index (χ2n) is 5.29. The van der Waals surface area contributed by atoms with Gasteiger partial charge in [0.2, 0.25) is 0 Å². The van der Waals surface area contributed by atoms with E-state index in [4.69, 9.17) is 23.2 Å². The van der Waals surface area contributed by atoms with E-state index in [1.807, 2.05) is 0 Å². The van der Waals surface area contributed by atoms with E-state index in [-0.39, 0.29) is 23.0 Å². The number of aliphatic carboxylic acids is 1. The largest absolute Gasteiger partial charge is 0.481 e. The Bertz CT molecular complexity index is 590.